The molecule has 0 fully saturated rings. The second kappa shape index (κ2) is 10.1. The maximum atomic E-state index is 6.05. The van der Waals surface area contributed by atoms with E-state index >= 15 is 0 Å². The van der Waals surface area contributed by atoms with Gasteiger partial charge < -0.3 is 10.1 Å². The summed E-state index contributed by atoms with van der Waals surface area (Å²) in [6, 6.07) is 16.6. The molecule has 0 aliphatic heterocycles. The van der Waals surface area contributed by atoms with Crippen molar-refractivity contribution in [2.75, 3.05) is 12.3 Å². The lowest BCUT2D eigenvalue weighted by atomic mass is 10.1. The normalized spacial score (nSPS) is 10.9. The van der Waals surface area contributed by atoms with Crippen molar-refractivity contribution in [1.82, 2.24) is 25.5 Å². The van der Waals surface area contributed by atoms with Gasteiger partial charge in [0.25, 0.3) is 0 Å². The standard InChI is InChI=1S/C20H25N5OS/c1-16-7-5-8-17(13-16)15-26-19-10-4-3-9-18(19)14-21-11-6-12-27-20-22-23-24-25(20)2/h3-5,7-10,13,21H,6,11-12,14-15H2,1-2H3. The first-order valence-corrected chi connectivity index (χ1v) is 10.0. The number of tetrazole rings is 1. The Hall–Kier alpha value is -2.38. The van der Waals surface area contributed by atoms with Crippen LogP contribution in [0.5, 0.6) is 5.75 Å². The average molecular weight is 384 g/mol. The Labute approximate surface area is 164 Å². The third kappa shape index (κ3) is 6.08. The molecule has 6 nitrogen and oxygen atoms in total. The highest BCUT2D eigenvalue weighted by Gasteiger charge is 2.05. The first-order chi connectivity index (χ1) is 13.2. The van der Waals surface area contributed by atoms with Crippen LogP contribution in [0.4, 0.5) is 0 Å². The number of para-hydroxylation sites is 1. The zero-order chi connectivity index (χ0) is 18.9. The van der Waals surface area contributed by atoms with Gasteiger partial charge in [0.15, 0.2) is 0 Å². The second-order valence-electron chi connectivity index (χ2n) is 6.35. The average Bonchev–Trinajstić information content (AvgIpc) is 3.08. The zero-order valence-electron chi connectivity index (χ0n) is 15.8. The van der Waals surface area contributed by atoms with E-state index in [0.29, 0.717) is 6.61 Å². The summed E-state index contributed by atoms with van der Waals surface area (Å²) in [4.78, 5) is 0. The molecule has 7 heteroatoms. The summed E-state index contributed by atoms with van der Waals surface area (Å²) in [7, 11) is 1.86. The van der Waals surface area contributed by atoms with Gasteiger partial charge in [0, 0.05) is 24.9 Å². The molecule has 1 N–H and O–H groups in total. The van der Waals surface area contributed by atoms with Crippen LogP contribution in [0.25, 0.3) is 0 Å². The summed E-state index contributed by atoms with van der Waals surface area (Å²) >= 11 is 1.67. The Bertz CT molecular complexity index is 852. The number of ether oxygens (including phenoxy) is 1. The number of aromatic nitrogens is 4. The van der Waals surface area contributed by atoms with Gasteiger partial charge in [-0.05, 0) is 41.9 Å². The van der Waals surface area contributed by atoms with Crippen LogP contribution in [0.1, 0.15) is 23.1 Å². The van der Waals surface area contributed by atoms with Crippen LogP contribution in [-0.4, -0.2) is 32.5 Å². The van der Waals surface area contributed by atoms with Gasteiger partial charge in [-0.2, -0.15) is 0 Å². The van der Waals surface area contributed by atoms with Crippen LogP contribution in [0, 0.1) is 6.92 Å². The van der Waals surface area contributed by atoms with Crippen molar-refractivity contribution < 1.29 is 4.74 Å². The van der Waals surface area contributed by atoms with E-state index in [1.165, 1.54) is 16.7 Å². The van der Waals surface area contributed by atoms with Gasteiger partial charge in [-0.15, -0.1) is 5.10 Å². The summed E-state index contributed by atoms with van der Waals surface area (Å²) in [6.45, 7) is 4.41. The van der Waals surface area contributed by atoms with Crippen molar-refractivity contribution in [2.24, 2.45) is 7.05 Å². The molecule has 3 rings (SSSR count). The molecule has 0 saturated carbocycles. The van der Waals surface area contributed by atoms with E-state index in [2.05, 4.69) is 58.1 Å². The molecule has 0 saturated heterocycles. The smallest absolute Gasteiger partial charge is 0.209 e. The highest BCUT2D eigenvalue weighted by Crippen LogP contribution is 2.19. The molecule has 0 bridgehead atoms. The molecule has 0 aliphatic carbocycles. The third-order valence-corrected chi connectivity index (χ3v) is 5.17. The second-order valence-corrected chi connectivity index (χ2v) is 7.41. The minimum Gasteiger partial charge on any atom is -0.489 e. The highest BCUT2D eigenvalue weighted by molar-refractivity contribution is 7.99. The molecular weight excluding hydrogens is 358 g/mol. The van der Waals surface area contributed by atoms with Gasteiger partial charge in [-0.25, -0.2) is 4.68 Å². The Morgan fingerprint density at radius 1 is 1.15 bits per heavy atom. The quantitative estimate of drug-likeness (QED) is 0.428. The summed E-state index contributed by atoms with van der Waals surface area (Å²) in [5.74, 6) is 1.92. The Morgan fingerprint density at radius 3 is 2.85 bits per heavy atom. The van der Waals surface area contributed by atoms with E-state index in [1.807, 2.05) is 25.2 Å². The van der Waals surface area contributed by atoms with Crippen LogP contribution in [0.2, 0.25) is 0 Å². The van der Waals surface area contributed by atoms with Crippen LogP contribution >= 0.6 is 11.8 Å². The van der Waals surface area contributed by atoms with E-state index in [4.69, 9.17) is 4.74 Å². The molecule has 1 aromatic heterocycles. The molecule has 0 spiro atoms. The number of nitrogens with zero attached hydrogens (tertiary/aromatic N) is 4. The number of hydrogen-bond donors (Lipinski definition) is 1. The maximum absolute atomic E-state index is 6.05. The molecule has 27 heavy (non-hydrogen) atoms. The third-order valence-electron chi connectivity index (χ3n) is 4.08. The van der Waals surface area contributed by atoms with Crippen molar-refractivity contribution in [1.29, 1.82) is 0 Å². The van der Waals surface area contributed by atoms with Crippen molar-refractivity contribution in [2.45, 2.75) is 31.7 Å². The Morgan fingerprint density at radius 2 is 2.04 bits per heavy atom. The van der Waals surface area contributed by atoms with Crippen LogP contribution in [0.15, 0.2) is 53.7 Å². The van der Waals surface area contributed by atoms with E-state index in [1.54, 1.807) is 16.4 Å². The predicted octanol–water partition coefficient (Wildman–Crippen LogP) is 3.37. The monoisotopic (exact) mass is 383 g/mol. The van der Waals surface area contributed by atoms with E-state index in [9.17, 15) is 0 Å². The van der Waals surface area contributed by atoms with Gasteiger partial charge in [-0.1, -0.05) is 59.8 Å². The van der Waals surface area contributed by atoms with Gasteiger partial charge in [0.05, 0.1) is 0 Å². The minimum atomic E-state index is 0.584. The van der Waals surface area contributed by atoms with Crippen molar-refractivity contribution in [3.8, 4) is 5.75 Å². The number of thioether (sulfide) groups is 1. The first kappa shape index (κ1) is 19.4. The number of nitrogens with one attached hydrogen (secondary N) is 1. The van der Waals surface area contributed by atoms with E-state index < -0.39 is 0 Å². The first-order valence-electron chi connectivity index (χ1n) is 9.04. The van der Waals surface area contributed by atoms with Crippen LogP contribution < -0.4 is 10.1 Å². The SMILES string of the molecule is Cc1cccc(COc2ccccc2CNCCCSc2nnnn2C)c1. The van der Waals surface area contributed by atoms with Gasteiger partial charge in [0.1, 0.15) is 12.4 Å². The fourth-order valence-corrected chi connectivity index (χ4v) is 3.47. The number of aryl methyl sites for hydroxylation is 2. The predicted molar refractivity (Wildman–Crippen MR) is 108 cm³/mol. The van der Waals surface area contributed by atoms with Crippen molar-refractivity contribution in [3.63, 3.8) is 0 Å². The zero-order valence-corrected chi connectivity index (χ0v) is 16.6. The molecule has 0 radical (unpaired) electrons. The molecule has 0 aliphatic rings. The number of hydrogen-bond acceptors (Lipinski definition) is 6. The molecular formula is C20H25N5OS. The number of rotatable bonds is 10. The Balaban J connectivity index is 1.41. The summed E-state index contributed by atoms with van der Waals surface area (Å²) in [5.41, 5.74) is 3.62. The topological polar surface area (TPSA) is 64.9 Å². The van der Waals surface area contributed by atoms with Crippen molar-refractivity contribution >= 4 is 11.8 Å². The summed E-state index contributed by atoms with van der Waals surface area (Å²) in [6.07, 6.45) is 1.05. The molecule has 0 atom stereocenters. The summed E-state index contributed by atoms with van der Waals surface area (Å²) < 4.78 is 7.74. The van der Waals surface area contributed by atoms with Crippen LogP contribution in [0.3, 0.4) is 0 Å². The molecule has 0 amide bonds. The summed E-state index contributed by atoms with van der Waals surface area (Å²) in [5, 5.41) is 15.8. The maximum Gasteiger partial charge on any atom is 0.209 e. The van der Waals surface area contributed by atoms with Crippen LogP contribution in [-0.2, 0) is 20.2 Å². The van der Waals surface area contributed by atoms with Gasteiger partial charge in [0.2, 0.25) is 5.16 Å². The lowest BCUT2D eigenvalue weighted by molar-refractivity contribution is 0.302. The molecule has 0 unspecified atom stereocenters. The minimum absolute atomic E-state index is 0.584. The molecule has 142 valence electrons. The van der Waals surface area contributed by atoms with E-state index in [-0.39, 0.29) is 0 Å². The van der Waals surface area contributed by atoms with Gasteiger partial charge in [-0.3, -0.25) is 0 Å². The number of benzene rings is 2. The lowest BCUT2D eigenvalue weighted by Crippen LogP contribution is -2.16. The highest BCUT2D eigenvalue weighted by atomic mass is 32.2. The van der Waals surface area contributed by atoms with Gasteiger partial charge >= 0.3 is 0 Å². The molecule has 3 aromatic rings. The lowest BCUT2D eigenvalue weighted by Gasteiger charge is -2.12. The largest absolute Gasteiger partial charge is 0.489 e. The van der Waals surface area contributed by atoms with Crippen molar-refractivity contribution in [3.05, 3.63) is 65.2 Å². The van der Waals surface area contributed by atoms with E-state index in [0.717, 1.165) is 36.2 Å². The molecule has 2 aromatic carbocycles. The fourth-order valence-electron chi connectivity index (χ4n) is 2.68. The fraction of sp³-hybridized carbons (Fsp3) is 0.350. The molecule has 1 heterocycles. The Kier molecular flexibility index (Phi) is 7.24.